The van der Waals surface area contributed by atoms with Crippen molar-refractivity contribution in [2.75, 3.05) is 19.6 Å². The Morgan fingerprint density at radius 1 is 1.23 bits per heavy atom. The maximum atomic E-state index is 12.9. The summed E-state index contributed by atoms with van der Waals surface area (Å²) in [5.41, 5.74) is 2.05. The molecule has 0 aromatic carbocycles. The summed E-state index contributed by atoms with van der Waals surface area (Å²) in [5.74, 6) is 0.918. The van der Waals surface area contributed by atoms with E-state index in [4.69, 9.17) is 11.6 Å². The second-order valence-corrected chi connectivity index (χ2v) is 10.8. The molecule has 0 aromatic rings. The van der Waals surface area contributed by atoms with E-state index >= 15 is 0 Å². The van der Waals surface area contributed by atoms with E-state index in [2.05, 4.69) is 56.1 Å². The summed E-state index contributed by atoms with van der Waals surface area (Å²) in [6.07, 6.45) is 7.73. The Balaban J connectivity index is 1.61. The number of hydrogen-bond donors (Lipinski definition) is 1. The molecular formula is C25H36ClF3N2. The zero-order valence-electron chi connectivity index (χ0n) is 19.1. The zero-order chi connectivity index (χ0) is 22.8. The Morgan fingerprint density at radius 2 is 1.97 bits per heavy atom. The molecule has 0 bridgehead atoms. The molecule has 1 aliphatic heterocycles. The maximum absolute atomic E-state index is 12.9. The normalized spacial score (nSPS) is 28.1. The van der Waals surface area contributed by atoms with Crippen molar-refractivity contribution in [1.29, 1.82) is 0 Å². The molecule has 0 amide bonds. The summed E-state index contributed by atoms with van der Waals surface area (Å²) in [6.45, 7) is 12.0. The van der Waals surface area contributed by atoms with E-state index in [-0.39, 0.29) is 23.3 Å². The first-order valence-corrected chi connectivity index (χ1v) is 11.9. The lowest BCUT2D eigenvalue weighted by Gasteiger charge is -2.46. The fourth-order valence-electron chi connectivity index (χ4n) is 5.04. The van der Waals surface area contributed by atoms with E-state index in [9.17, 15) is 13.2 Å². The van der Waals surface area contributed by atoms with Crippen molar-refractivity contribution in [2.24, 2.45) is 17.3 Å². The number of allylic oxidation sites excluding steroid dienone is 8. The van der Waals surface area contributed by atoms with Gasteiger partial charge in [-0.3, -0.25) is 0 Å². The van der Waals surface area contributed by atoms with Crippen molar-refractivity contribution >= 4 is 11.6 Å². The van der Waals surface area contributed by atoms with Crippen LogP contribution in [-0.4, -0.2) is 42.1 Å². The summed E-state index contributed by atoms with van der Waals surface area (Å²) in [7, 11) is 0. The minimum Gasteiger partial charge on any atom is -0.384 e. The Bertz CT molecular complexity index is 761. The van der Waals surface area contributed by atoms with E-state index in [0.717, 1.165) is 38.2 Å². The van der Waals surface area contributed by atoms with Gasteiger partial charge in [0.15, 0.2) is 0 Å². The molecule has 1 heterocycles. The molecule has 3 atom stereocenters. The van der Waals surface area contributed by atoms with Crippen molar-refractivity contribution in [3.8, 4) is 0 Å². The first-order valence-electron chi connectivity index (χ1n) is 11.4. The van der Waals surface area contributed by atoms with Crippen LogP contribution in [0.1, 0.15) is 53.4 Å². The van der Waals surface area contributed by atoms with Gasteiger partial charge in [-0.15, -0.1) is 11.6 Å². The molecular weight excluding hydrogens is 421 g/mol. The topological polar surface area (TPSA) is 15.3 Å². The number of alkyl halides is 4. The van der Waals surface area contributed by atoms with Gasteiger partial charge in [0, 0.05) is 30.4 Å². The van der Waals surface area contributed by atoms with Gasteiger partial charge in [-0.2, -0.15) is 13.2 Å². The minimum atomic E-state index is -4.22. The van der Waals surface area contributed by atoms with Gasteiger partial charge in [-0.1, -0.05) is 52.0 Å². The van der Waals surface area contributed by atoms with Crippen molar-refractivity contribution in [3.05, 3.63) is 47.2 Å². The SMILES string of the molecule is CC(C)[C@H](CN1CC[C@H](C2=CCC(Cl)C=C2)C(C)(C)C1)NC1=CC=C(C(F)(F)F)CC1. The smallest absolute Gasteiger partial charge is 0.384 e. The standard InChI is InChI=1S/C25H36ClF3N2/c1-17(2)23(30-21-11-7-19(8-12-21)25(27,28)29)15-31-14-13-22(24(3,4)16-31)18-5-9-20(26)10-6-18/h5-7,9,11,17,20,22-23,30H,8,10,12-16H2,1-4H3/t20?,22-,23+/m1/s1. The van der Waals surface area contributed by atoms with E-state index in [1.54, 1.807) is 6.08 Å². The lowest BCUT2D eigenvalue weighted by atomic mass is 9.69. The highest BCUT2D eigenvalue weighted by Crippen LogP contribution is 2.41. The van der Waals surface area contributed by atoms with Crippen LogP contribution in [0.25, 0.3) is 0 Å². The number of rotatable bonds is 6. The number of hydrogen-bond acceptors (Lipinski definition) is 2. The predicted octanol–water partition coefficient (Wildman–Crippen LogP) is 6.61. The third kappa shape index (κ3) is 6.41. The van der Waals surface area contributed by atoms with Crippen molar-refractivity contribution < 1.29 is 13.2 Å². The van der Waals surface area contributed by atoms with E-state index in [0.29, 0.717) is 18.3 Å². The molecule has 2 nitrogen and oxygen atoms in total. The summed E-state index contributed by atoms with van der Waals surface area (Å²) in [6, 6.07) is 0.213. The van der Waals surface area contributed by atoms with Crippen molar-refractivity contribution in [2.45, 2.75) is 71.0 Å². The lowest BCUT2D eigenvalue weighted by Crippen LogP contribution is -2.51. The Labute approximate surface area is 190 Å². The summed E-state index contributed by atoms with van der Waals surface area (Å²) in [5, 5.41) is 3.66. The quantitative estimate of drug-likeness (QED) is 0.452. The molecule has 174 valence electrons. The molecule has 0 saturated carbocycles. The summed E-state index contributed by atoms with van der Waals surface area (Å²) < 4.78 is 38.7. The highest BCUT2D eigenvalue weighted by atomic mass is 35.5. The van der Waals surface area contributed by atoms with Crippen molar-refractivity contribution in [3.63, 3.8) is 0 Å². The zero-order valence-corrected chi connectivity index (χ0v) is 19.9. The van der Waals surface area contributed by atoms with Crippen LogP contribution in [0.15, 0.2) is 47.2 Å². The second-order valence-electron chi connectivity index (χ2n) is 10.3. The van der Waals surface area contributed by atoms with Crippen LogP contribution >= 0.6 is 11.6 Å². The largest absolute Gasteiger partial charge is 0.412 e. The number of likely N-dealkylation sites (tertiary alicyclic amines) is 1. The molecule has 1 fully saturated rings. The van der Waals surface area contributed by atoms with E-state index < -0.39 is 11.7 Å². The fraction of sp³-hybridized carbons (Fsp3) is 0.680. The molecule has 0 aromatic heterocycles. The summed E-state index contributed by atoms with van der Waals surface area (Å²) in [4.78, 5) is 2.52. The lowest BCUT2D eigenvalue weighted by molar-refractivity contribution is -0.0941. The third-order valence-corrected chi connectivity index (χ3v) is 7.25. The van der Waals surface area contributed by atoms with Crippen LogP contribution in [0, 0.1) is 17.3 Å². The van der Waals surface area contributed by atoms with Crippen LogP contribution in [0.3, 0.4) is 0 Å². The van der Waals surface area contributed by atoms with Gasteiger partial charge in [0.2, 0.25) is 0 Å². The number of halogens is 4. The van der Waals surface area contributed by atoms with E-state index in [1.807, 2.05) is 0 Å². The average Bonchev–Trinajstić information content (AvgIpc) is 2.67. The molecule has 1 N–H and O–H groups in total. The highest BCUT2D eigenvalue weighted by Gasteiger charge is 2.38. The molecule has 0 spiro atoms. The van der Waals surface area contributed by atoms with Gasteiger partial charge >= 0.3 is 6.18 Å². The predicted molar refractivity (Wildman–Crippen MR) is 123 cm³/mol. The van der Waals surface area contributed by atoms with Crippen LogP contribution in [-0.2, 0) is 0 Å². The fourth-order valence-corrected chi connectivity index (χ4v) is 5.21. The maximum Gasteiger partial charge on any atom is 0.412 e. The molecule has 6 heteroatoms. The van der Waals surface area contributed by atoms with Crippen LogP contribution in [0.4, 0.5) is 13.2 Å². The van der Waals surface area contributed by atoms with Gasteiger partial charge in [-0.25, -0.2) is 0 Å². The molecule has 3 aliphatic rings. The highest BCUT2D eigenvalue weighted by molar-refractivity contribution is 6.22. The Kier molecular flexibility index (Phi) is 7.68. The van der Waals surface area contributed by atoms with Gasteiger partial charge in [0.25, 0.3) is 0 Å². The second kappa shape index (κ2) is 9.74. The first-order chi connectivity index (χ1) is 14.5. The van der Waals surface area contributed by atoms with Crippen LogP contribution < -0.4 is 5.32 Å². The molecule has 2 aliphatic carbocycles. The molecule has 3 rings (SSSR count). The molecule has 1 unspecified atom stereocenters. The minimum absolute atomic E-state index is 0.0529. The number of piperidine rings is 1. The first kappa shape index (κ1) is 24.4. The van der Waals surface area contributed by atoms with Crippen molar-refractivity contribution in [1.82, 2.24) is 10.2 Å². The summed E-state index contributed by atoms with van der Waals surface area (Å²) >= 11 is 6.20. The molecule has 0 radical (unpaired) electrons. The molecule has 31 heavy (non-hydrogen) atoms. The average molecular weight is 457 g/mol. The monoisotopic (exact) mass is 456 g/mol. The van der Waals surface area contributed by atoms with E-state index in [1.165, 1.54) is 11.6 Å². The third-order valence-electron chi connectivity index (χ3n) is 6.93. The van der Waals surface area contributed by atoms with Gasteiger partial charge < -0.3 is 10.2 Å². The Morgan fingerprint density at radius 3 is 2.48 bits per heavy atom. The number of nitrogens with one attached hydrogen (secondary N) is 1. The van der Waals surface area contributed by atoms with Gasteiger partial charge in [-0.05, 0) is 61.1 Å². The Hall–Kier alpha value is -1.20. The molecule has 1 saturated heterocycles. The van der Waals surface area contributed by atoms with Crippen LogP contribution in [0.5, 0.6) is 0 Å². The van der Waals surface area contributed by atoms with Gasteiger partial charge in [0.05, 0.1) is 5.38 Å². The van der Waals surface area contributed by atoms with Gasteiger partial charge in [0.1, 0.15) is 0 Å². The number of nitrogens with zero attached hydrogens (tertiary/aromatic N) is 1. The van der Waals surface area contributed by atoms with Crippen LogP contribution in [0.2, 0.25) is 0 Å².